The molecule has 0 unspecified atom stereocenters. The fourth-order valence-electron chi connectivity index (χ4n) is 1.96. The molecule has 0 aliphatic heterocycles. The van der Waals surface area contributed by atoms with Crippen LogP contribution in [0.4, 0.5) is 0 Å². The molecule has 0 aliphatic carbocycles. The summed E-state index contributed by atoms with van der Waals surface area (Å²) in [5.74, 6) is 0.676. The first-order valence-electron chi connectivity index (χ1n) is 6.65. The van der Waals surface area contributed by atoms with Gasteiger partial charge in [0.1, 0.15) is 5.75 Å². The first-order valence-corrected chi connectivity index (χ1v) is 8.24. The molecule has 0 saturated carbocycles. The third-order valence-electron chi connectivity index (χ3n) is 2.96. The Morgan fingerprint density at radius 2 is 1.81 bits per heavy atom. The Hall–Kier alpha value is -1.13. The van der Waals surface area contributed by atoms with Gasteiger partial charge in [0.25, 0.3) is 0 Å². The summed E-state index contributed by atoms with van der Waals surface area (Å²) in [7, 11) is 0. The molecule has 21 heavy (non-hydrogen) atoms. The van der Waals surface area contributed by atoms with Gasteiger partial charge in [0.05, 0.1) is 6.10 Å². The van der Waals surface area contributed by atoms with Crippen LogP contribution < -0.4 is 4.74 Å². The average Bonchev–Trinajstić information content (AvgIpc) is 2.41. The molecule has 0 atom stereocenters. The molecule has 0 bridgehead atoms. The number of carbonyl (C=O) groups is 1. The number of hydrogen-bond acceptors (Lipinski definition) is 2. The molecule has 2 rings (SSSR count). The predicted molar refractivity (Wildman–Crippen MR) is 92.2 cm³/mol. The number of benzene rings is 2. The fraction of sp³-hybridized carbons (Fsp3) is 0.235. The number of carbonyl (C=O) groups excluding carboxylic acids is 1. The monoisotopic (exact) mass is 410 g/mol. The van der Waals surface area contributed by atoms with Crippen molar-refractivity contribution < 1.29 is 9.53 Å². The summed E-state index contributed by atoms with van der Waals surface area (Å²) >= 11 is 6.94. The molecule has 4 heteroatoms. The molecule has 0 amide bonds. The highest BCUT2D eigenvalue weighted by Gasteiger charge is 2.15. The first-order chi connectivity index (χ1) is 9.88. The highest BCUT2D eigenvalue weighted by Crippen LogP contribution is 2.28. The average molecular weight is 412 g/mol. The third kappa shape index (κ3) is 3.95. The van der Waals surface area contributed by atoms with Crippen LogP contribution in [0.25, 0.3) is 0 Å². The van der Waals surface area contributed by atoms with E-state index in [4.69, 9.17) is 4.74 Å². The van der Waals surface area contributed by atoms with Crippen LogP contribution in [0.15, 0.2) is 45.3 Å². The van der Waals surface area contributed by atoms with Crippen molar-refractivity contribution in [2.45, 2.75) is 26.9 Å². The number of rotatable bonds is 4. The van der Waals surface area contributed by atoms with Crippen LogP contribution in [0.3, 0.4) is 0 Å². The van der Waals surface area contributed by atoms with Gasteiger partial charge in [-0.15, -0.1) is 0 Å². The highest BCUT2D eigenvalue weighted by molar-refractivity contribution is 9.11. The van der Waals surface area contributed by atoms with Gasteiger partial charge in [-0.2, -0.15) is 0 Å². The second kappa shape index (κ2) is 6.75. The van der Waals surface area contributed by atoms with Gasteiger partial charge in [0.2, 0.25) is 0 Å². The molecule has 2 nitrogen and oxygen atoms in total. The van der Waals surface area contributed by atoms with E-state index in [0.29, 0.717) is 16.9 Å². The second-order valence-electron chi connectivity index (χ2n) is 5.10. The maximum atomic E-state index is 12.7. The van der Waals surface area contributed by atoms with Gasteiger partial charge in [-0.3, -0.25) is 4.79 Å². The van der Waals surface area contributed by atoms with Gasteiger partial charge in [-0.1, -0.05) is 44.0 Å². The van der Waals surface area contributed by atoms with E-state index >= 15 is 0 Å². The van der Waals surface area contributed by atoms with E-state index in [1.54, 1.807) is 12.1 Å². The zero-order valence-electron chi connectivity index (χ0n) is 12.1. The lowest BCUT2D eigenvalue weighted by atomic mass is 10.0. The van der Waals surface area contributed by atoms with Crippen molar-refractivity contribution in [3.8, 4) is 5.75 Å². The van der Waals surface area contributed by atoms with E-state index in [1.165, 1.54) is 0 Å². The van der Waals surface area contributed by atoms with Crippen LogP contribution in [0.5, 0.6) is 5.75 Å². The van der Waals surface area contributed by atoms with Gasteiger partial charge < -0.3 is 4.74 Å². The lowest BCUT2D eigenvalue weighted by Gasteiger charge is -2.11. The Bertz CT molecular complexity index is 678. The van der Waals surface area contributed by atoms with Crippen LogP contribution in [-0.4, -0.2) is 11.9 Å². The minimum Gasteiger partial charge on any atom is -0.491 e. The summed E-state index contributed by atoms with van der Waals surface area (Å²) < 4.78 is 7.36. The predicted octanol–water partition coefficient (Wildman–Crippen LogP) is 5.54. The lowest BCUT2D eigenvalue weighted by molar-refractivity contribution is 0.103. The van der Waals surface area contributed by atoms with Crippen LogP contribution in [0.2, 0.25) is 0 Å². The topological polar surface area (TPSA) is 26.3 Å². The van der Waals surface area contributed by atoms with Crippen LogP contribution in [0.1, 0.15) is 35.3 Å². The molecule has 0 radical (unpaired) electrons. The van der Waals surface area contributed by atoms with E-state index in [2.05, 4.69) is 31.9 Å². The first kappa shape index (κ1) is 16.2. The van der Waals surface area contributed by atoms with E-state index in [0.717, 1.165) is 14.5 Å². The Balaban J connectivity index is 2.38. The largest absolute Gasteiger partial charge is 0.491 e. The molecule has 2 aromatic rings. The fourth-order valence-corrected chi connectivity index (χ4v) is 2.94. The van der Waals surface area contributed by atoms with Gasteiger partial charge in [-0.25, -0.2) is 0 Å². The van der Waals surface area contributed by atoms with Gasteiger partial charge >= 0.3 is 0 Å². The molecule has 2 aromatic carbocycles. The van der Waals surface area contributed by atoms with Crippen molar-refractivity contribution in [2.24, 2.45) is 0 Å². The molecule has 0 spiro atoms. The SMILES string of the molecule is Cc1cc(Br)c(C(=O)c2cccc(OC(C)C)c2)cc1Br. The summed E-state index contributed by atoms with van der Waals surface area (Å²) in [6.45, 7) is 5.91. The maximum absolute atomic E-state index is 12.7. The summed E-state index contributed by atoms with van der Waals surface area (Å²) in [5, 5.41) is 0. The molecule has 0 aliphatic rings. The number of ether oxygens (including phenoxy) is 1. The van der Waals surface area contributed by atoms with Crippen molar-refractivity contribution in [1.29, 1.82) is 0 Å². The smallest absolute Gasteiger partial charge is 0.194 e. The van der Waals surface area contributed by atoms with Crippen molar-refractivity contribution in [1.82, 2.24) is 0 Å². The molecule has 0 fully saturated rings. The quantitative estimate of drug-likeness (QED) is 0.617. The maximum Gasteiger partial charge on any atom is 0.194 e. The number of hydrogen-bond donors (Lipinski definition) is 0. The standard InChI is InChI=1S/C17H16Br2O2/c1-10(2)21-13-6-4-5-12(8-13)17(20)14-9-15(18)11(3)7-16(14)19/h4-10H,1-3H3. The Kier molecular flexibility index (Phi) is 5.22. The number of ketones is 1. The van der Waals surface area contributed by atoms with Gasteiger partial charge in [0, 0.05) is 20.1 Å². The number of aryl methyl sites for hydroxylation is 1. The summed E-state index contributed by atoms with van der Waals surface area (Å²) in [5.41, 5.74) is 2.33. The van der Waals surface area contributed by atoms with Crippen LogP contribution >= 0.6 is 31.9 Å². The van der Waals surface area contributed by atoms with Crippen molar-refractivity contribution in [3.63, 3.8) is 0 Å². The summed E-state index contributed by atoms with van der Waals surface area (Å²) in [6.07, 6.45) is 0.0793. The molecule has 0 saturated heterocycles. The molecule has 0 N–H and O–H groups in total. The van der Waals surface area contributed by atoms with Crippen LogP contribution in [0, 0.1) is 6.92 Å². The Morgan fingerprint density at radius 3 is 2.48 bits per heavy atom. The zero-order valence-corrected chi connectivity index (χ0v) is 15.3. The molecule has 110 valence electrons. The third-order valence-corrected chi connectivity index (χ3v) is 4.47. The van der Waals surface area contributed by atoms with Crippen molar-refractivity contribution >= 4 is 37.6 Å². The Labute approximate surface area is 141 Å². The van der Waals surface area contributed by atoms with Crippen molar-refractivity contribution in [2.75, 3.05) is 0 Å². The van der Waals surface area contributed by atoms with Crippen molar-refractivity contribution in [3.05, 3.63) is 62.0 Å². The second-order valence-corrected chi connectivity index (χ2v) is 6.81. The number of halogens is 2. The Morgan fingerprint density at radius 1 is 1.10 bits per heavy atom. The summed E-state index contributed by atoms with van der Waals surface area (Å²) in [4.78, 5) is 12.7. The zero-order chi connectivity index (χ0) is 15.6. The van der Waals surface area contributed by atoms with Crippen LogP contribution in [-0.2, 0) is 0 Å². The molecule has 0 heterocycles. The van der Waals surface area contributed by atoms with E-state index in [9.17, 15) is 4.79 Å². The highest BCUT2D eigenvalue weighted by atomic mass is 79.9. The molecular weight excluding hydrogens is 396 g/mol. The van der Waals surface area contributed by atoms with E-state index in [-0.39, 0.29) is 11.9 Å². The lowest BCUT2D eigenvalue weighted by Crippen LogP contribution is -2.07. The van der Waals surface area contributed by atoms with Gasteiger partial charge in [0.15, 0.2) is 5.78 Å². The van der Waals surface area contributed by atoms with Gasteiger partial charge in [-0.05, 0) is 50.6 Å². The summed E-state index contributed by atoms with van der Waals surface area (Å²) in [6, 6.07) is 11.1. The molecular formula is C17H16Br2O2. The van der Waals surface area contributed by atoms with E-state index in [1.807, 2.05) is 45.0 Å². The molecule has 0 aromatic heterocycles. The minimum atomic E-state index is -0.0308. The van der Waals surface area contributed by atoms with E-state index < -0.39 is 0 Å². The normalized spacial score (nSPS) is 10.8. The minimum absolute atomic E-state index is 0.0308.